The third-order valence-electron chi connectivity index (χ3n) is 2.87. The standard InChI is InChI=1S/C11H18O/c1-8(2)10-11(12-10)9-6-4-3-5-7-9/h6,8,10-11H,3-5,7H2,1-2H3/t10-,11-/m1/s1. The van der Waals surface area contributed by atoms with Gasteiger partial charge < -0.3 is 4.74 Å². The quantitative estimate of drug-likeness (QED) is 0.454. The van der Waals surface area contributed by atoms with Gasteiger partial charge in [0.1, 0.15) is 6.10 Å². The molecule has 2 rings (SSSR count). The second-order valence-corrected chi connectivity index (χ2v) is 4.29. The smallest absolute Gasteiger partial charge is 0.105 e. The maximum absolute atomic E-state index is 5.65. The average Bonchev–Trinajstić information content (AvgIpc) is 2.84. The minimum absolute atomic E-state index is 0.505. The van der Waals surface area contributed by atoms with Gasteiger partial charge in [-0.3, -0.25) is 0 Å². The van der Waals surface area contributed by atoms with E-state index in [9.17, 15) is 0 Å². The molecule has 0 amide bonds. The second kappa shape index (κ2) is 3.21. The first-order chi connectivity index (χ1) is 5.79. The number of ether oxygens (including phenoxy) is 1. The van der Waals surface area contributed by atoms with Gasteiger partial charge in [-0.15, -0.1) is 0 Å². The van der Waals surface area contributed by atoms with Crippen molar-refractivity contribution in [3.8, 4) is 0 Å². The predicted octanol–water partition coefficient (Wildman–Crippen LogP) is 2.91. The molecule has 1 saturated heterocycles. The number of allylic oxidation sites excluding steroid dienone is 1. The fraction of sp³-hybridized carbons (Fsp3) is 0.818. The van der Waals surface area contributed by atoms with Crippen molar-refractivity contribution >= 4 is 0 Å². The van der Waals surface area contributed by atoms with Crippen LogP contribution in [0.4, 0.5) is 0 Å². The lowest BCUT2D eigenvalue weighted by atomic mass is 9.93. The van der Waals surface area contributed by atoms with E-state index in [1.54, 1.807) is 5.57 Å². The number of hydrogen-bond donors (Lipinski definition) is 0. The van der Waals surface area contributed by atoms with Gasteiger partial charge in [0.15, 0.2) is 0 Å². The summed E-state index contributed by atoms with van der Waals surface area (Å²) in [6, 6.07) is 0. The monoisotopic (exact) mass is 166 g/mol. The summed E-state index contributed by atoms with van der Waals surface area (Å²) in [7, 11) is 0. The van der Waals surface area contributed by atoms with Crippen molar-refractivity contribution in [2.45, 2.75) is 51.7 Å². The zero-order valence-electron chi connectivity index (χ0n) is 8.05. The summed E-state index contributed by atoms with van der Waals surface area (Å²) in [5, 5.41) is 0. The van der Waals surface area contributed by atoms with Crippen molar-refractivity contribution in [3.05, 3.63) is 11.6 Å². The van der Waals surface area contributed by atoms with Crippen molar-refractivity contribution in [2.24, 2.45) is 5.92 Å². The molecule has 1 aliphatic carbocycles. The van der Waals surface area contributed by atoms with E-state index in [1.807, 2.05) is 0 Å². The van der Waals surface area contributed by atoms with Gasteiger partial charge in [-0.1, -0.05) is 19.9 Å². The van der Waals surface area contributed by atoms with Crippen LogP contribution in [0.25, 0.3) is 0 Å². The van der Waals surface area contributed by atoms with Crippen LogP contribution in [0.5, 0.6) is 0 Å². The van der Waals surface area contributed by atoms with Gasteiger partial charge >= 0.3 is 0 Å². The van der Waals surface area contributed by atoms with E-state index in [1.165, 1.54) is 25.7 Å². The van der Waals surface area contributed by atoms with Crippen molar-refractivity contribution in [3.63, 3.8) is 0 Å². The normalized spacial score (nSPS) is 35.1. The molecule has 0 saturated carbocycles. The Balaban J connectivity index is 1.91. The second-order valence-electron chi connectivity index (χ2n) is 4.29. The first kappa shape index (κ1) is 8.31. The summed E-state index contributed by atoms with van der Waals surface area (Å²) < 4.78 is 5.65. The Morgan fingerprint density at radius 1 is 1.42 bits per heavy atom. The van der Waals surface area contributed by atoms with E-state index in [2.05, 4.69) is 19.9 Å². The van der Waals surface area contributed by atoms with Gasteiger partial charge in [-0.05, 0) is 37.2 Å². The minimum atomic E-state index is 0.505. The highest BCUT2D eigenvalue weighted by Crippen LogP contribution is 2.38. The lowest BCUT2D eigenvalue weighted by Crippen LogP contribution is -2.06. The number of epoxide rings is 1. The van der Waals surface area contributed by atoms with Gasteiger partial charge in [0.05, 0.1) is 6.10 Å². The maximum atomic E-state index is 5.65. The van der Waals surface area contributed by atoms with Crippen LogP contribution >= 0.6 is 0 Å². The number of hydrogen-bond acceptors (Lipinski definition) is 1. The molecule has 0 N–H and O–H groups in total. The first-order valence-electron chi connectivity index (χ1n) is 5.13. The van der Waals surface area contributed by atoms with E-state index in [-0.39, 0.29) is 0 Å². The molecule has 0 bridgehead atoms. The molecule has 1 heterocycles. The van der Waals surface area contributed by atoms with Crippen molar-refractivity contribution in [2.75, 3.05) is 0 Å². The molecule has 2 atom stereocenters. The van der Waals surface area contributed by atoms with Crippen LogP contribution in [-0.4, -0.2) is 12.2 Å². The van der Waals surface area contributed by atoms with Crippen LogP contribution in [0.3, 0.4) is 0 Å². The summed E-state index contributed by atoms with van der Waals surface area (Å²) in [5.74, 6) is 0.692. The fourth-order valence-electron chi connectivity index (χ4n) is 2.05. The molecule has 0 unspecified atom stereocenters. The topological polar surface area (TPSA) is 12.5 Å². The van der Waals surface area contributed by atoms with Crippen molar-refractivity contribution in [1.29, 1.82) is 0 Å². The van der Waals surface area contributed by atoms with E-state index in [4.69, 9.17) is 4.74 Å². The molecule has 1 nitrogen and oxygen atoms in total. The van der Waals surface area contributed by atoms with Gasteiger partial charge in [-0.2, -0.15) is 0 Å². The highest BCUT2D eigenvalue weighted by atomic mass is 16.6. The van der Waals surface area contributed by atoms with E-state index in [0.29, 0.717) is 18.1 Å². The number of rotatable bonds is 2. The zero-order chi connectivity index (χ0) is 8.55. The van der Waals surface area contributed by atoms with Gasteiger partial charge in [0.25, 0.3) is 0 Å². The van der Waals surface area contributed by atoms with Crippen LogP contribution in [0.2, 0.25) is 0 Å². The van der Waals surface area contributed by atoms with Crippen LogP contribution in [0, 0.1) is 5.92 Å². The summed E-state index contributed by atoms with van der Waals surface area (Å²) in [6.45, 7) is 4.49. The van der Waals surface area contributed by atoms with Crippen LogP contribution < -0.4 is 0 Å². The third kappa shape index (κ3) is 1.56. The lowest BCUT2D eigenvalue weighted by Gasteiger charge is -2.10. The molecule has 0 aromatic rings. The average molecular weight is 166 g/mol. The lowest BCUT2D eigenvalue weighted by molar-refractivity contribution is 0.340. The molecule has 12 heavy (non-hydrogen) atoms. The van der Waals surface area contributed by atoms with E-state index < -0.39 is 0 Å². The van der Waals surface area contributed by atoms with Crippen molar-refractivity contribution < 1.29 is 4.74 Å². The fourth-order valence-corrected chi connectivity index (χ4v) is 2.05. The Morgan fingerprint density at radius 3 is 2.75 bits per heavy atom. The molecule has 1 aliphatic heterocycles. The molecular weight excluding hydrogens is 148 g/mol. The zero-order valence-corrected chi connectivity index (χ0v) is 8.05. The molecule has 0 radical (unpaired) electrons. The maximum Gasteiger partial charge on any atom is 0.105 e. The van der Waals surface area contributed by atoms with Gasteiger partial charge in [0, 0.05) is 0 Å². The Kier molecular flexibility index (Phi) is 2.22. The summed E-state index contributed by atoms with van der Waals surface area (Å²) in [4.78, 5) is 0. The molecular formula is C11H18O. The summed E-state index contributed by atoms with van der Waals surface area (Å²) in [6.07, 6.45) is 8.75. The Morgan fingerprint density at radius 2 is 2.25 bits per heavy atom. The largest absolute Gasteiger partial charge is 0.365 e. The van der Waals surface area contributed by atoms with Gasteiger partial charge in [-0.25, -0.2) is 0 Å². The molecule has 0 aromatic carbocycles. The van der Waals surface area contributed by atoms with Crippen molar-refractivity contribution in [1.82, 2.24) is 0 Å². The molecule has 68 valence electrons. The highest BCUT2D eigenvalue weighted by Gasteiger charge is 2.43. The first-order valence-corrected chi connectivity index (χ1v) is 5.13. The Labute approximate surface area is 74.8 Å². The van der Waals surface area contributed by atoms with Crippen LogP contribution in [0.15, 0.2) is 11.6 Å². The molecule has 1 fully saturated rings. The van der Waals surface area contributed by atoms with E-state index >= 15 is 0 Å². The molecule has 2 aliphatic rings. The van der Waals surface area contributed by atoms with E-state index in [0.717, 1.165) is 0 Å². The molecule has 0 spiro atoms. The van der Waals surface area contributed by atoms with Gasteiger partial charge in [0.2, 0.25) is 0 Å². The predicted molar refractivity (Wildman–Crippen MR) is 50.1 cm³/mol. The highest BCUT2D eigenvalue weighted by molar-refractivity contribution is 5.19. The summed E-state index contributed by atoms with van der Waals surface area (Å²) in [5.41, 5.74) is 1.58. The Hall–Kier alpha value is -0.300. The van der Waals surface area contributed by atoms with Crippen LogP contribution in [-0.2, 0) is 4.74 Å². The SMILES string of the molecule is CC(C)[C@H]1O[C@@H]1C1=CCCCC1. The Bertz CT molecular complexity index is 193. The third-order valence-corrected chi connectivity index (χ3v) is 2.87. The molecule has 1 heteroatoms. The van der Waals surface area contributed by atoms with Crippen LogP contribution in [0.1, 0.15) is 39.5 Å². The summed E-state index contributed by atoms with van der Waals surface area (Å²) >= 11 is 0. The molecule has 0 aromatic heterocycles. The minimum Gasteiger partial charge on any atom is -0.365 e.